The van der Waals surface area contributed by atoms with Gasteiger partial charge < -0.3 is 9.47 Å². The van der Waals surface area contributed by atoms with Gasteiger partial charge in [-0.25, -0.2) is 9.59 Å². The quantitative estimate of drug-likeness (QED) is 0.104. The normalized spacial score (nSPS) is 26.5. The third-order valence-corrected chi connectivity index (χ3v) is 9.89. The van der Waals surface area contributed by atoms with E-state index in [2.05, 4.69) is 28.1 Å². The summed E-state index contributed by atoms with van der Waals surface area (Å²) in [6.07, 6.45) is 5.32. The van der Waals surface area contributed by atoms with Gasteiger partial charge in [0.15, 0.2) is 12.4 Å². The van der Waals surface area contributed by atoms with Crippen molar-refractivity contribution >= 4 is 45.5 Å². The zero-order chi connectivity index (χ0) is 30.5. The Kier molecular flexibility index (Phi) is 7.28. The van der Waals surface area contributed by atoms with Gasteiger partial charge in [-0.05, 0) is 84.2 Å². The fourth-order valence-corrected chi connectivity index (χ4v) is 7.45. The van der Waals surface area contributed by atoms with Crippen molar-refractivity contribution in [3.05, 3.63) is 112 Å². The number of rotatable bonds is 9. The maximum atomic E-state index is 13.8. The summed E-state index contributed by atoms with van der Waals surface area (Å²) in [7, 11) is 0. The Hall–Kier alpha value is -4.37. The van der Waals surface area contributed by atoms with Crippen molar-refractivity contribution in [2.75, 3.05) is 6.61 Å². The molecule has 3 fully saturated rings. The van der Waals surface area contributed by atoms with E-state index in [-0.39, 0.29) is 41.4 Å². The molecule has 3 aromatic carbocycles. The lowest BCUT2D eigenvalue weighted by molar-refractivity contribution is -0.158. The lowest BCUT2D eigenvalue weighted by Gasteiger charge is -2.37. The number of imide groups is 1. The van der Waals surface area contributed by atoms with E-state index in [1.165, 1.54) is 24.3 Å². The van der Waals surface area contributed by atoms with Gasteiger partial charge in [0.1, 0.15) is 11.8 Å². The Balaban J connectivity index is 1.03. The van der Waals surface area contributed by atoms with Gasteiger partial charge in [-0.1, -0.05) is 58.4 Å². The van der Waals surface area contributed by atoms with Crippen LogP contribution in [0, 0.1) is 35.5 Å². The van der Waals surface area contributed by atoms with Gasteiger partial charge in [-0.15, -0.1) is 0 Å². The average Bonchev–Trinajstić information content (AvgIpc) is 3.82. The first kappa shape index (κ1) is 28.4. The molecule has 9 heteroatoms. The number of hydrogen-bond donors (Lipinski definition) is 0. The smallest absolute Gasteiger partial charge is 0.343 e. The molecular weight excluding hydrogens is 626 g/mol. The maximum Gasteiger partial charge on any atom is 0.343 e. The first-order valence-corrected chi connectivity index (χ1v) is 15.5. The van der Waals surface area contributed by atoms with Crippen LogP contribution >= 0.6 is 15.9 Å². The Morgan fingerprint density at radius 3 is 2.00 bits per heavy atom. The van der Waals surface area contributed by atoms with E-state index in [0.717, 1.165) is 21.4 Å². The molecule has 0 N–H and O–H groups in total. The Morgan fingerprint density at radius 1 is 0.795 bits per heavy atom. The van der Waals surface area contributed by atoms with E-state index < -0.39 is 42.2 Å². The molecule has 1 saturated heterocycles. The zero-order valence-corrected chi connectivity index (χ0v) is 25.1. The summed E-state index contributed by atoms with van der Waals surface area (Å²) >= 11 is 3.32. The number of ketones is 1. The monoisotopic (exact) mass is 653 g/mol. The molecule has 2 bridgehead atoms. The number of carbonyl (C=O) groups is 5. The van der Waals surface area contributed by atoms with Crippen molar-refractivity contribution in [1.29, 1.82) is 0 Å². The highest BCUT2D eigenvalue weighted by Gasteiger charge is 2.68. The van der Waals surface area contributed by atoms with Gasteiger partial charge in [0.25, 0.3) is 0 Å². The maximum absolute atomic E-state index is 13.8. The molecule has 7 atom stereocenters. The third kappa shape index (κ3) is 5.09. The second-order valence-corrected chi connectivity index (χ2v) is 12.8. The Morgan fingerprint density at radius 2 is 1.39 bits per heavy atom. The molecule has 1 heterocycles. The second-order valence-electron chi connectivity index (χ2n) is 11.9. The summed E-state index contributed by atoms with van der Waals surface area (Å²) in [5, 5.41) is 0. The van der Waals surface area contributed by atoms with Gasteiger partial charge in [0, 0.05) is 16.5 Å². The van der Waals surface area contributed by atoms with Crippen molar-refractivity contribution in [1.82, 2.24) is 4.90 Å². The molecule has 0 aromatic heterocycles. The number of amides is 2. The second kappa shape index (κ2) is 11.3. The molecule has 44 heavy (non-hydrogen) atoms. The van der Waals surface area contributed by atoms with Crippen molar-refractivity contribution in [3.63, 3.8) is 0 Å². The summed E-state index contributed by atoms with van der Waals surface area (Å²) in [5.74, 6) is -2.13. The number of nitrogens with zero attached hydrogens (tertiary/aromatic N) is 1. The van der Waals surface area contributed by atoms with Crippen LogP contribution in [0.25, 0.3) is 0 Å². The molecule has 2 amide bonds. The van der Waals surface area contributed by atoms with Gasteiger partial charge >= 0.3 is 11.9 Å². The van der Waals surface area contributed by atoms with E-state index >= 15 is 0 Å². The number of Topliss-reactive ketones (excluding diaryl/α,β-unsaturated/α-hetero) is 1. The van der Waals surface area contributed by atoms with Gasteiger partial charge in [0.2, 0.25) is 11.8 Å². The SMILES string of the molecule is O=C(COC(=O)C(Cc1ccccc1)N1C(=O)C2C3C=CC(C4CC34)C2C1=O)c1ccc(OC(=O)c2ccc(Br)cc2)cc1. The first-order valence-electron chi connectivity index (χ1n) is 14.7. The van der Waals surface area contributed by atoms with Gasteiger partial charge in [-0.2, -0.15) is 0 Å². The van der Waals surface area contributed by atoms with Crippen LogP contribution in [0.1, 0.15) is 32.7 Å². The minimum Gasteiger partial charge on any atom is -0.456 e. The molecular formula is C35H28BrNO7. The summed E-state index contributed by atoms with van der Waals surface area (Å²) in [4.78, 5) is 67.6. The van der Waals surface area contributed by atoms with Crippen LogP contribution in [0.3, 0.4) is 0 Å². The summed E-state index contributed by atoms with van der Waals surface area (Å²) in [6.45, 7) is -0.567. The first-order chi connectivity index (χ1) is 21.3. The molecule has 4 aliphatic carbocycles. The highest BCUT2D eigenvalue weighted by molar-refractivity contribution is 9.10. The average molecular weight is 655 g/mol. The number of likely N-dealkylation sites (tertiary alicyclic amines) is 1. The van der Waals surface area contributed by atoms with E-state index in [1.54, 1.807) is 24.3 Å². The van der Waals surface area contributed by atoms with E-state index in [4.69, 9.17) is 9.47 Å². The number of benzene rings is 3. The molecule has 2 saturated carbocycles. The molecule has 0 spiro atoms. The number of esters is 2. The van der Waals surface area contributed by atoms with Crippen molar-refractivity contribution in [2.45, 2.75) is 18.9 Å². The van der Waals surface area contributed by atoms with Crippen LogP contribution in [0.5, 0.6) is 5.75 Å². The predicted octanol–water partition coefficient (Wildman–Crippen LogP) is 5.06. The summed E-state index contributed by atoms with van der Waals surface area (Å²) in [6, 6.07) is 20.6. The van der Waals surface area contributed by atoms with Crippen LogP contribution in [0.2, 0.25) is 0 Å². The fourth-order valence-electron chi connectivity index (χ4n) is 7.18. The van der Waals surface area contributed by atoms with Crippen molar-refractivity contribution in [2.24, 2.45) is 35.5 Å². The minimum absolute atomic E-state index is 0.0310. The summed E-state index contributed by atoms with van der Waals surface area (Å²) in [5.41, 5.74) is 1.40. The molecule has 5 aliphatic rings. The fraction of sp³-hybridized carbons (Fsp3) is 0.286. The van der Waals surface area contributed by atoms with Crippen molar-refractivity contribution in [3.8, 4) is 5.75 Å². The van der Waals surface area contributed by atoms with Crippen LogP contribution in [0.4, 0.5) is 0 Å². The van der Waals surface area contributed by atoms with Crippen LogP contribution in [0.15, 0.2) is 95.5 Å². The Labute approximate surface area is 262 Å². The highest BCUT2D eigenvalue weighted by atomic mass is 79.9. The molecule has 8 rings (SSSR count). The lowest BCUT2D eigenvalue weighted by Crippen LogP contribution is -2.48. The molecule has 0 radical (unpaired) electrons. The molecule has 8 nitrogen and oxygen atoms in total. The number of hydrogen-bond acceptors (Lipinski definition) is 7. The lowest BCUT2D eigenvalue weighted by atomic mass is 9.63. The van der Waals surface area contributed by atoms with Crippen LogP contribution in [-0.2, 0) is 25.5 Å². The summed E-state index contributed by atoms with van der Waals surface area (Å²) < 4.78 is 11.7. The van der Waals surface area contributed by atoms with Crippen molar-refractivity contribution < 1.29 is 33.4 Å². The van der Waals surface area contributed by atoms with Gasteiger partial charge in [-0.3, -0.25) is 19.3 Å². The van der Waals surface area contributed by atoms with Gasteiger partial charge in [0.05, 0.1) is 17.4 Å². The predicted molar refractivity (Wildman–Crippen MR) is 161 cm³/mol. The zero-order valence-electron chi connectivity index (χ0n) is 23.5. The highest BCUT2D eigenvalue weighted by Crippen LogP contribution is 2.65. The standard InChI is InChI=1S/C35H28BrNO7/c36-22-10-6-21(7-11-22)34(41)44-23-12-8-20(9-13-23)29(38)18-43-35(42)28(16-19-4-2-1-3-5-19)37-32(39)30-24-14-15-25(27-17-26(24)27)31(30)33(37)40/h1-15,24-28,30-31H,16-18H2. The Bertz CT molecular complexity index is 1650. The van der Waals surface area contributed by atoms with E-state index in [1.807, 2.05) is 30.3 Å². The number of allylic oxidation sites excluding steroid dienone is 2. The molecule has 3 aromatic rings. The van der Waals surface area contributed by atoms with Crippen LogP contribution in [-0.4, -0.2) is 47.1 Å². The van der Waals surface area contributed by atoms with E-state index in [0.29, 0.717) is 17.4 Å². The third-order valence-electron chi connectivity index (χ3n) is 9.36. The molecule has 1 aliphatic heterocycles. The number of halogens is 1. The van der Waals surface area contributed by atoms with E-state index in [9.17, 15) is 24.0 Å². The minimum atomic E-state index is -1.17. The van der Waals surface area contributed by atoms with Crippen LogP contribution < -0.4 is 4.74 Å². The number of ether oxygens (including phenoxy) is 2. The largest absolute Gasteiger partial charge is 0.456 e. The molecule has 222 valence electrons. The topological polar surface area (TPSA) is 107 Å². The molecule has 7 unspecified atom stereocenters. The number of carbonyl (C=O) groups excluding carboxylic acids is 5.